The zero-order valence-corrected chi connectivity index (χ0v) is 14.6. The summed E-state index contributed by atoms with van der Waals surface area (Å²) in [5, 5.41) is 4.41. The van der Waals surface area contributed by atoms with Crippen molar-refractivity contribution in [3.63, 3.8) is 0 Å². The van der Waals surface area contributed by atoms with Crippen molar-refractivity contribution < 1.29 is 9.18 Å². The highest BCUT2D eigenvalue weighted by Gasteiger charge is 2.34. The molecule has 0 radical (unpaired) electrons. The molecule has 1 amide bonds. The monoisotopic (exact) mass is 349 g/mol. The van der Waals surface area contributed by atoms with Gasteiger partial charge in [-0.05, 0) is 49.6 Å². The molecule has 132 valence electrons. The van der Waals surface area contributed by atoms with Gasteiger partial charge < -0.3 is 4.90 Å². The SMILES string of the molecule is Cc1c(C(=O)N(Cc2ccc(F)cc2)C2CC2)cnn1-c1ccccc1. The van der Waals surface area contributed by atoms with Crippen LogP contribution < -0.4 is 0 Å². The molecule has 1 saturated carbocycles. The zero-order chi connectivity index (χ0) is 18.1. The minimum atomic E-state index is -0.266. The molecule has 0 N–H and O–H groups in total. The summed E-state index contributed by atoms with van der Waals surface area (Å²) in [6, 6.07) is 16.4. The Labute approximate surface area is 151 Å². The molecule has 0 bridgehead atoms. The maximum absolute atomic E-state index is 13.2. The van der Waals surface area contributed by atoms with Gasteiger partial charge in [-0.1, -0.05) is 30.3 Å². The molecule has 0 aliphatic heterocycles. The van der Waals surface area contributed by atoms with Crippen LogP contribution in [0.4, 0.5) is 4.39 Å². The lowest BCUT2D eigenvalue weighted by atomic mass is 10.1. The third-order valence-corrected chi connectivity index (χ3v) is 4.76. The van der Waals surface area contributed by atoms with Crippen molar-refractivity contribution in [2.75, 3.05) is 0 Å². The molecule has 1 heterocycles. The van der Waals surface area contributed by atoms with E-state index in [1.54, 1.807) is 23.0 Å². The Morgan fingerprint density at radius 2 is 1.85 bits per heavy atom. The summed E-state index contributed by atoms with van der Waals surface area (Å²) in [4.78, 5) is 15.0. The number of rotatable bonds is 5. The van der Waals surface area contributed by atoms with Crippen LogP contribution in [0.5, 0.6) is 0 Å². The Bertz CT molecular complexity index is 914. The van der Waals surface area contributed by atoms with Gasteiger partial charge in [-0.2, -0.15) is 5.10 Å². The van der Waals surface area contributed by atoms with Crippen LogP contribution in [0.25, 0.3) is 5.69 Å². The van der Waals surface area contributed by atoms with Gasteiger partial charge in [-0.25, -0.2) is 9.07 Å². The minimum absolute atomic E-state index is 0.0171. The lowest BCUT2D eigenvalue weighted by Gasteiger charge is -2.22. The van der Waals surface area contributed by atoms with Gasteiger partial charge in [0.15, 0.2) is 0 Å². The number of halogens is 1. The Kier molecular flexibility index (Phi) is 4.29. The minimum Gasteiger partial charge on any atom is -0.331 e. The van der Waals surface area contributed by atoms with E-state index in [-0.39, 0.29) is 17.8 Å². The first-order valence-electron chi connectivity index (χ1n) is 8.79. The second-order valence-electron chi connectivity index (χ2n) is 6.68. The molecule has 1 aliphatic rings. The fourth-order valence-corrected chi connectivity index (χ4v) is 3.14. The molecule has 0 atom stereocenters. The van der Waals surface area contributed by atoms with E-state index < -0.39 is 0 Å². The first-order valence-corrected chi connectivity index (χ1v) is 8.79. The highest BCUT2D eigenvalue weighted by Crippen LogP contribution is 2.30. The number of hydrogen-bond donors (Lipinski definition) is 0. The molecule has 26 heavy (non-hydrogen) atoms. The second kappa shape index (κ2) is 6.75. The van der Waals surface area contributed by atoms with Crippen LogP contribution in [-0.2, 0) is 6.54 Å². The largest absolute Gasteiger partial charge is 0.331 e. The van der Waals surface area contributed by atoms with E-state index in [2.05, 4.69) is 5.10 Å². The number of hydrogen-bond acceptors (Lipinski definition) is 2. The van der Waals surface area contributed by atoms with Gasteiger partial charge in [0.25, 0.3) is 5.91 Å². The number of carbonyl (C=O) groups is 1. The standard InChI is InChI=1S/C21H20FN3O/c1-15-20(13-23-25(15)19-5-3-2-4-6-19)21(26)24(18-11-12-18)14-16-7-9-17(22)10-8-16/h2-10,13,18H,11-12,14H2,1H3. The van der Waals surface area contributed by atoms with Crippen LogP contribution in [0.2, 0.25) is 0 Å². The molecule has 4 rings (SSSR count). The normalized spacial score (nSPS) is 13.6. The first-order chi connectivity index (χ1) is 12.6. The summed E-state index contributed by atoms with van der Waals surface area (Å²) in [7, 11) is 0. The molecule has 0 spiro atoms. The molecule has 1 aliphatic carbocycles. The van der Waals surface area contributed by atoms with E-state index in [0.29, 0.717) is 12.1 Å². The molecule has 5 heteroatoms. The van der Waals surface area contributed by atoms with Crippen molar-refractivity contribution in [1.82, 2.24) is 14.7 Å². The molecule has 0 unspecified atom stereocenters. The van der Waals surface area contributed by atoms with Crippen molar-refractivity contribution in [1.29, 1.82) is 0 Å². The summed E-state index contributed by atoms with van der Waals surface area (Å²) in [6.45, 7) is 2.40. The molecule has 4 nitrogen and oxygen atoms in total. The average Bonchev–Trinajstić information content (AvgIpc) is 3.43. The van der Waals surface area contributed by atoms with Crippen LogP contribution >= 0.6 is 0 Å². The van der Waals surface area contributed by atoms with E-state index in [1.807, 2.05) is 42.2 Å². The molecule has 1 aromatic heterocycles. The maximum Gasteiger partial charge on any atom is 0.257 e. The van der Waals surface area contributed by atoms with Gasteiger partial charge in [-0.15, -0.1) is 0 Å². The summed E-state index contributed by atoms with van der Waals surface area (Å²) in [5.41, 5.74) is 3.30. The predicted molar refractivity (Wildman–Crippen MR) is 97.6 cm³/mol. The van der Waals surface area contributed by atoms with Crippen molar-refractivity contribution >= 4 is 5.91 Å². The molecule has 1 fully saturated rings. The number of aromatic nitrogens is 2. The smallest absolute Gasteiger partial charge is 0.257 e. The highest BCUT2D eigenvalue weighted by atomic mass is 19.1. The Balaban J connectivity index is 1.61. The van der Waals surface area contributed by atoms with E-state index in [9.17, 15) is 9.18 Å². The van der Waals surface area contributed by atoms with Gasteiger partial charge in [0.2, 0.25) is 0 Å². The first kappa shape index (κ1) is 16.5. The number of nitrogens with zero attached hydrogens (tertiary/aromatic N) is 3. The fourth-order valence-electron chi connectivity index (χ4n) is 3.14. The van der Waals surface area contributed by atoms with E-state index in [1.165, 1.54) is 12.1 Å². The molecule has 3 aromatic rings. The number of para-hydroxylation sites is 1. The third kappa shape index (κ3) is 3.25. The predicted octanol–water partition coefficient (Wildman–Crippen LogP) is 4.12. The quantitative estimate of drug-likeness (QED) is 0.695. The van der Waals surface area contributed by atoms with Crippen LogP contribution in [-0.4, -0.2) is 26.6 Å². The van der Waals surface area contributed by atoms with Crippen LogP contribution in [0.3, 0.4) is 0 Å². The van der Waals surface area contributed by atoms with Gasteiger partial charge >= 0.3 is 0 Å². The number of carbonyl (C=O) groups excluding carboxylic acids is 1. The Morgan fingerprint density at radius 1 is 1.15 bits per heavy atom. The maximum atomic E-state index is 13.2. The topological polar surface area (TPSA) is 38.1 Å². The Hall–Kier alpha value is -2.95. The second-order valence-corrected chi connectivity index (χ2v) is 6.68. The van der Waals surface area contributed by atoms with Crippen molar-refractivity contribution in [3.05, 3.63) is 83.4 Å². The van der Waals surface area contributed by atoms with Crippen molar-refractivity contribution in [2.24, 2.45) is 0 Å². The Morgan fingerprint density at radius 3 is 2.50 bits per heavy atom. The van der Waals surface area contributed by atoms with Crippen LogP contribution in [0, 0.1) is 12.7 Å². The van der Waals surface area contributed by atoms with Crippen LogP contribution in [0.15, 0.2) is 60.8 Å². The van der Waals surface area contributed by atoms with Crippen LogP contribution in [0.1, 0.15) is 34.5 Å². The van der Waals surface area contributed by atoms with E-state index in [0.717, 1.165) is 29.8 Å². The fraction of sp³-hybridized carbons (Fsp3) is 0.238. The number of benzene rings is 2. The molecular weight excluding hydrogens is 329 g/mol. The van der Waals surface area contributed by atoms with Crippen molar-refractivity contribution in [3.8, 4) is 5.69 Å². The highest BCUT2D eigenvalue weighted by molar-refractivity contribution is 5.95. The summed E-state index contributed by atoms with van der Waals surface area (Å²) in [6.07, 6.45) is 3.67. The average molecular weight is 349 g/mol. The lowest BCUT2D eigenvalue weighted by Crippen LogP contribution is -2.32. The zero-order valence-electron chi connectivity index (χ0n) is 14.6. The molecule has 2 aromatic carbocycles. The number of amides is 1. The van der Waals surface area contributed by atoms with E-state index >= 15 is 0 Å². The van der Waals surface area contributed by atoms with Gasteiger partial charge in [0.05, 0.1) is 23.1 Å². The summed E-state index contributed by atoms with van der Waals surface area (Å²) in [5.74, 6) is -0.283. The van der Waals surface area contributed by atoms with Gasteiger partial charge in [0.1, 0.15) is 5.82 Å². The molecule has 0 saturated heterocycles. The van der Waals surface area contributed by atoms with Gasteiger partial charge in [0, 0.05) is 12.6 Å². The lowest BCUT2D eigenvalue weighted by molar-refractivity contribution is 0.0729. The summed E-state index contributed by atoms with van der Waals surface area (Å²) < 4.78 is 14.9. The van der Waals surface area contributed by atoms with Crippen molar-refractivity contribution in [2.45, 2.75) is 32.4 Å². The van der Waals surface area contributed by atoms with E-state index in [4.69, 9.17) is 0 Å². The molecular formula is C21H20FN3O. The third-order valence-electron chi connectivity index (χ3n) is 4.76. The summed E-state index contributed by atoms with van der Waals surface area (Å²) >= 11 is 0. The van der Waals surface area contributed by atoms with Gasteiger partial charge in [-0.3, -0.25) is 4.79 Å².